The summed E-state index contributed by atoms with van der Waals surface area (Å²) in [7, 11) is 0. The highest BCUT2D eigenvalue weighted by atomic mass is 16.3. The fourth-order valence-electron chi connectivity index (χ4n) is 2.96. The summed E-state index contributed by atoms with van der Waals surface area (Å²) >= 11 is 0. The lowest BCUT2D eigenvalue weighted by Crippen LogP contribution is -2.39. The number of benzene rings is 1. The zero-order valence-electron chi connectivity index (χ0n) is 12.2. The first kappa shape index (κ1) is 14.4. The molecule has 0 radical (unpaired) electrons. The average molecular weight is 261 g/mol. The third-order valence-electron chi connectivity index (χ3n) is 4.34. The van der Waals surface area contributed by atoms with Crippen molar-refractivity contribution in [2.24, 2.45) is 5.92 Å². The molecule has 1 aliphatic carbocycles. The summed E-state index contributed by atoms with van der Waals surface area (Å²) in [5.41, 5.74) is 1.31. The second kappa shape index (κ2) is 6.95. The van der Waals surface area contributed by atoms with E-state index in [0.717, 1.165) is 24.8 Å². The SMILES string of the molecule is CC1CCC(NC(C)CCc2ccc(O)cc2)CC1. The maximum Gasteiger partial charge on any atom is 0.115 e. The fraction of sp³-hybridized carbons (Fsp3) is 0.647. The van der Waals surface area contributed by atoms with Gasteiger partial charge in [-0.2, -0.15) is 0 Å². The number of aromatic hydroxyl groups is 1. The van der Waals surface area contributed by atoms with Gasteiger partial charge in [0.1, 0.15) is 5.75 Å². The van der Waals surface area contributed by atoms with Crippen molar-refractivity contribution in [1.29, 1.82) is 0 Å². The Bertz CT molecular complexity index is 365. The number of hydrogen-bond acceptors (Lipinski definition) is 2. The van der Waals surface area contributed by atoms with E-state index >= 15 is 0 Å². The topological polar surface area (TPSA) is 32.3 Å². The van der Waals surface area contributed by atoms with E-state index < -0.39 is 0 Å². The van der Waals surface area contributed by atoms with Gasteiger partial charge >= 0.3 is 0 Å². The molecular formula is C17H27NO. The molecule has 1 aromatic rings. The molecule has 1 atom stereocenters. The maximum atomic E-state index is 9.26. The van der Waals surface area contributed by atoms with Crippen molar-refractivity contribution >= 4 is 0 Å². The van der Waals surface area contributed by atoms with Crippen LogP contribution < -0.4 is 5.32 Å². The van der Waals surface area contributed by atoms with E-state index in [4.69, 9.17) is 0 Å². The first-order chi connectivity index (χ1) is 9.13. The summed E-state index contributed by atoms with van der Waals surface area (Å²) in [6.07, 6.45) is 7.68. The van der Waals surface area contributed by atoms with E-state index in [-0.39, 0.29) is 0 Å². The van der Waals surface area contributed by atoms with Crippen molar-refractivity contribution in [3.63, 3.8) is 0 Å². The molecule has 0 heterocycles. The summed E-state index contributed by atoms with van der Waals surface area (Å²) in [6, 6.07) is 8.89. The van der Waals surface area contributed by atoms with Crippen molar-refractivity contribution in [1.82, 2.24) is 5.32 Å². The molecular weight excluding hydrogens is 234 g/mol. The van der Waals surface area contributed by atoms with Crippen molar-refractivity contribution < 1.29 is 5.11 Å². The minimum absolute atomic E-state index is 0.353. The fourth-order valence-corrected chi connectivity index (χ4v) is 2.96. The van der Waals surface area contributed by atoms with Crippen LogP contribution in [0.2, 0.25) is 0 Å². The average Bonchev–Trinajstić information content (AvgIpc) is 2.41. The van der Waals surface area contributed by atoms with Crippen LogP contribution in [0.3, 0.4) is 0 Å². The Labute approximate surface area is 117 Å². The van der Waals surface area contributed by atoms with E-state index in [1.165, 1.54) is 31.2 Å². The predicted molar refractivity (Wildman–Crippen MR) is 80.4 cm³/mol. The number of aryl methyl sites for hydroxylation is 1. The normalized spacial score (nSPS) is 25.2. The summed E-state index contributed by atoms with van der Waals surface area (Å²) in [5, 5.41) is 13.0. The number of phenols is 1. The molecule has 1 unspecified atom stereocenters. The molecule has 0 amide bonds. The zero-order valence-corrected chi connectivity index (χ0v) is 12.2. The highest BCUT2D eigenvalue weighted by Gasteiger charge is 2.19. The predicted octanol–water partition coefficient (Wildman–Crippen LogP) is 3.88. The van der Waals surface area contributed by atoms with E-state index in [0.29, 0.717) is 11.8 Å². The lowest BCUT2D eigenvalue weighted by molar-refractivity contribution is 0.286. The van der Waals surface area contributed by atoms with Gasteiger partial charge in [0.15, 0.2) is 0 Å². The van der Waals surface area contributed by atoms with Gasteiger partial charge in [0.05, 0.1) is 0 Å². The second-order valence-electron chi connectivity index (χ2n) is 6.23. The van der Waals surface area contributed by atoms with Gasteiger partial charge in [-0.3, -0.25) is 0 Å². The van der Waals surface area contributed by atoms with E-state index in [2.05, 4.69) is 19.2 Å². The molecule has 0 bridgehead atoms. The smallest absolute Gasteiger partial charge is 0.115 e. The molecule has 0 aliphatic heterocycles. The summed E-state index contributed by atoms with van der Waals surface area (Å²) in [6.45, 7) is 4.66. The molecule has 1 saturated carbocycles. The monoisotopic (exact) mass is 261 g/mol. The summed E-state index contributed by atoms with van der Waals surface area (Å²) in [4.78, 5) is 0. The highest BCUT2D eigenvalue weighted by Crippen LogP contribution is 2.24. The Morgan fingerprint density at radius 3 is 2.42 bits per heavy atom. The van der Waals surface area contributed by atoms with Gasteiger partial charge < -0.3 is 10.4 Å². The summed E-state index contributed by atoms with van der Waals surface area (Å²) in [5.74, 6) is 1.27. The van der Waals surface area contributed by atoms with Crippen LogP contribution in [0.5, 0.6) is 5.75 Å². The number of rotatable bonds is 5. The van der Waals surface area contributed by atoms with Crippen LogP contribution in [-0.2, 0) is 6.42 Å². The number of nitrogens with one attached hydrogen (secondary N) is 1. The van der Waals surface area contributed by atoms with Crippen molar-refractivity contribution in [3.8, 4) is 5.75 Å². The minimum atomic E-state index is 0.353. The zero-order chi connectivity index (χ0) is 13.7. The van der Waals surface area contributed by atoms with Crippen molar-refractivity contribution in [2.75, 3.05) is 0 Å². The van der Waals surface area contributed by atoms with Crippen LogP contribution in [0, 0.1) is 5.92 Å². The molecule has 2 nitrogen and oxygen atoms in total. The lowest BCUT2D eigenvalue weighted by Gasteiger charge is -2.29. The largest absolute Gasteiger partial charge is 0.508 e. The second-order valence-corrected chi connectivity index (χ2v) is 6.23. The van der Waals surface area contributed by atoms with Gasteiger partial charge in [-0.05, 0) is 69.1 Å². The van der Waals surface area contributed by atoms with Crippen LogP contribution >= 0.6 is 0 Å². The van der Waals surface area contributed by atoms with E-state index in [1.807, 2.05) is 12.1 Å². The van der Waals surface area contributed by atoms with Crippen LogP contribution in [-0.4, -0.2) is 17.2 Å². The van der Waals surface area contributed by atoms with Crippen molar-refractivity contribution in [2.45, 2.75) is 64.5 Å². The molecule has 0 aromatic heterocycles. The van der Waals surface area contributed by atoms with Gasteiger partial charge in [0.25, 0.3) is 0 Å². The standard InChI is InChI=1S/C17H27NO/c1-13-3-9-16(10-4-13)18-14(2)5-6-15-7-11-17(19)12-8-15/h7-8,11-14,16,18-19H,3-6,9-10H2,1-2H3. The molecule has 2 rings (SSSR count). The quantitative estimate of drug-likeness (QED) is 0.843. The Hall–Kier alpha value is -1.02. The van der Waals surface area contributed by atoms with Gasteiger partial charge in [0.2, 0.25) is 0 Å². The Balaban J connectivity index is 1.69. The van der Waals surface area contributed by atoms with Gasteiger partial charge in [-0.1, -0.05) is 19.1 Å². The molecule has 2 heteroatoms. The first-order valence-electron chi connectivity index (χ1n) is 7.67. The third-order valence-corrected chi connectivity index (χ3v) is 4.34. The Morgan fingerprint density at radius 1 is 1.16 bits per heavy atom. The third kappa shape index (κ3) is 4.87. The Morgan fingerprint density at radius 2 is 1.79 bits per heavy atom. The van der Waals surface area contributed by atoms with Crippen LogP contribution in [0.4, 0.5) is 0 Å². The molecule has 0 saturated heterocycles. The van der Waals surface area contributed by atoms with Crippen LogP contribution in [0.25, 0.3) is 0 Å². The molecule has 1 aliphatic rings. The Kier molecular flexibility index (Phi) is 5.26. The number of phenolic OH excluding ortho intramolecular Hbond substituents is 1. The van der Waals surface area contributed by atoms with Crippen molar-refractivity contribution in [3.05, 3.63) is 29.8 Å². The molecule has 0 spiro atoms. The van der Waals surface area contributed by atoms with Gasteiger partial charge in [0, 0.05) is 12.1 Å². The van der Waals surface area contributed by atoms with E-state index in [9.17, 15) is 5.11 Å². The molecule has 19 heavy (non-hydrogen) atoms. The maximum absolute atomic E-state index is 9.26. The molecule has 106 valence electrons. The first-order valence-corrected chi connectivity index (χ1v) is 7.67. The number of hydrogen-bond donors (Lipinski definition) is 2. The van der Waals surface area contributed by atoms with Crippen LogP contribution in [0.15, 0.2) is 24.3 Å². The molecule has 1 aromatic carbocycles. The lowest BCUT2D eigenvalue weighted by atomic mass is 9.87. The van der Waals surface area contributed by atoms with Gasteiger partial charge in [-0.15, -0.1) is 0 Å². The van der Waals surface area contributed by atoms with Gasteiger partial charge in [-0.25, -0.2) is 0 Å². The highest BCUT2D eigenvalue weighted by molar-refractivity contribution is 5.25. The van der Waals surface area contributed by atoms with Crippen LogP contribution in [0.1, 0.15) is 51.5 Å². The summed E-state index contributed by atoms with van der Waals surface area (Å²) < 4.78 is 0. The molecule has 2 N–H and O–H groups in total. The molecule has 1 fully saturated rings. The van der Waals surface area contributed by atoms with E-state index in [1.54, 1.807) is 12.1 Å². The minimum Gasteiger partial charge on any atom is -0.508 e.